The Morgan fingerprint density at radius 1 is 0.146 bits per heavy atom. The minimum absolute atomic E-state index is 1.20. The van der Waals surface area contributed by atoms with Crippen molar-refractivity contribution in [2.24, 2.45) is 0 Å². The smallest absolute Gasteiger partial charge is 0.0623 e. The molecule has 0 radical (unpaired) electrons. The van der Waals surface area contributed by atoms with Crippen molar-refractivity contribution in [2.45, 2.75) is 0 Å². The van der Waals surface area contributed by atoms with Gasteiger partial charge in [0.05, 0.1) is 0 Å². The molecule has 15 aromatic carbocycles. The monoisotopic (exact) mass is 1070 g/mol. The first-order valence-corrected chi connectivity index (χ1v) is 32.5. The molecule has 82 heavy (non-hydrogen) atoms. The van der Waals surface area contributed by atoms with Crippen molar-refractivity contribution >= 4 is 112 Å². The summed E-state index contributed by atoms with van der Waals surface area (Å²) in [6, 6.07) is 128. The molecule has 0 aromatic heterocycles. The van der Waals surface area contributed by atoms with Crippen molar-refractivity contribution in [3.63, 3.8) is 0 Å². The normalized spacial score (nSPS) is 11.9. The van der Waals surface area contributed by atoms with E-state index in [9.17, 15) is 0 Å². The molecular formula is C80H56Si2. The molecular weight excluding hydrogens is 1020 g/mol. The summed E-state index contributed by atoms with van der Waals surface area (Å²) in [5.41, 5.74) is 7.32. The van der Waals surface area contributed by atoms with Gasteiger partial charge in [0.25, 0.3) is 0 Å². The van der Waals surface area contributed by atoms with Gasteiger partial charge < -0.3 is 0 Å². The first-order valence-electron chi connectivity index (χ1n) is 28.5. The van der Waals surface area contributed by atoms with Gasteiger partial charge in [0.2, 0.25) is 0 Å². The van der Waals surface area contributed by atoms with Crippen LogP contribution < -0.4 is 41.5 Å². The van der Waals surface area contributed by atoms with Gasteiger partial charge in [0.15, 0.2) is 16.1 Å². The SMILES string of the molecule is c1ccc([Si](c2ccccc2)(c2ccccc2)c2ccc3cc(-c4c5ccccc5c(-c5ccc6cc([Si](c7ccccc7)(c7ccccc7)c7ccccc7)ccc6c5)c5cc(-c6ccc7ccccc7c6)ccc45)ccc3c2)cc1. The third-order valence-corrected chi connectivity index (χ3v) is 27.0. The number of rotatable bonds is 11. The fourth-order valence-electron chi connectivity index (χ4n) is 13.7. The topological polar surface area (TPSA) is 0 Å². The van der Waals surface area contributed by atoms with Gasteiger partial charge in [-0.25, -0.2) is 0 Å². The van der Waals surface area contributed by atoms with Crippen LogP contribution in [0.5, 0.6) is 0 Å². The van der Waals surface area contributed by atoms with Crippen molar-refractivity contribution in [3.8, 4) is 33.4 Å². The molecule has 0 spiro atoms. The second-order valence-corrected chi connectivity index (χ2v) is 29.5. The van der Waals surface area contributed by atoms with Crippen LogP contribution in [-0.2, 0) is 0 Å². The second kappa shape index (κ2) is 20.6. The second-order valence-electron chi connectivity index (χ2n) is 21.9. The molecule has 0 aliphatic heterocycles. The Bertz CT molecular complexity index is 4640. The van der Waals surface area contributed by atoms with Crippen LogP contribution in [0, 0.1) is 0 Å². The van der Waals surface area contributed by atoms with E-state index in [0.717, 1.165) is 0 Å². The first kappa shape index (κ1) is 49.1. The molecule has 0 unspecified atom stereocenters. The maximum atomic E-state index is 2.49. The lowest BCUT2D eigenvalue weighted by Gasteiger charge is -2.34. The lowest BCUT2D eigenvalue weighted by Crippen LogP contribution is -2.74. The molecule has 0 fully saturated rings. The van der Waals surface area contributed by atoms with Gasteiger partial charge in [-0.2, -0.15) is 0 Å². The highest BCUT2D eigenvalue weighted by molar-refractivity contribution is 7.20. The molecule has 0 aliphatic carbocycles. The van der Waals surface area contributed by atoms with Crippen LogP contribution in [0.25, 0.3) is 87.2 Å². The van der Waals surface area contributed by atoms with Crippen LogP contribution in [0.3, 0.4) is 0 Å². The summed E-state index contributed by atoms with van der Waals surface area (Å²) >= 11 is 0. The predicted molar refractivity (Wildman–Crippen MR) is 358 cm³/mol. The van der Waals surface area contributed by atoms with Crippen molar-refractivity contribution in [1.82, 2.24) is 0 Å². The van der Waals surface area contributed by atoms with Crippen molar-refractivity contribution in [1.29, 1.82) is 0 Å². The summed E-state index contributed by atoms with van der Waals surface area (Å²) in [6.45, 7) is 0. The van der Waals surface area contributed by atoms with E-state index >= 15 is 0 Å². The quantitative estimate of drug-likeness (QED) is 0.0688. The summed E-state index contributed by atoms with van der Waals surface area (Å²) < 4.78 is 0. The average Bonchev–Trinajstić information content (AvgIpc) is 2.47. The minimum atomic E-state index is -2.73. The summed E-state index contributed by atoms with van der Waals surface area (Å²) in [5, 5.41) is 23.3. The number of benzene rings is 15. The van der Waals surface area contributed by atoms with Crippen LogP contribution in [0.4, 0.5) is 0 Å². The van der Waals surface area contributed by atoms with Crippen LogP contribution in [0.1, 0.15) is 0 Å². The molecule has 15 rings (SSSR count). The highest BCUT2D eigenvalue weighted by atomic mass is 28.3. The van der Waals surface area contributed by atoms with E-state index in [1.165, 1.54) is 129 Å². The van der Waals surface area contributed by atoms with Crippen LogP contribution in [0.2, 0.25) is 0 Å². The Balaban J connectivity index is 0.924. The number of hydrogen-bond acceptors (Lipinski definition) is 0. The molecule has 0 aliphatic rings. The molecule has 0 bridgehead atoms. The Kier molecular flexibility index (Phi) is 12.3. The van der Waals surface area contributed by atoms with Gasteiger partial charge in [-0.05, 0) is 153 Å². The third kappa shape index (κ3) is 8.18. The summed E-state index contributed by atoms with van der Waals surface area (Å²) in [4.78, 5) is 0. The fourth-order valence-corrected chi connectivity index (χ4v) is 23.3. The van der Waals surface area contributed by atoms with Crippen molar-refractivity contribution in [2.75, 3.05) is 0 Å². The third-order valence-electron chi connectivity index (χ3n) is 17.5. The van der Waals surface area contributed by atoms with Gasteiger partial charge >= 0.3 is 0 Å². The Labute approximate surface area is 481 Å². The standard InChI is InChI=1S/C80H56Si2/c1-7-25-67(26-8-1)81(68-27-9-2-10-28-68,69-29-11-3-12-30-69)73-48-45-60-52-65(43-41-62(60)54-73)79-75-37-21-22-38-76(75)80(78-56-64(47-50-77(78)79)59-40-39-57-23-19-20-24-58(57)51-59)66-44-42-63-55-74(49-46-61(63)53-66)82(70-31-13-4-14-32-70,71-33-15-5-16-34-71)72-35-17-6-18-36-72/h1-56H. The molecule has 0 saturated carbocycles. The molecule has 0 amide bonds. The lowest BCUT2D eigenvalue weighted by molar-refractivity contribution is 1.65. The molecule has 0 saturated heterocycles. The molecule has 0 atom stereocenters. The van der Waals surface area contributed by atoms with E-state index in [1.807, 2.05) is 0 Å². The molecule has 384 valence electrons. The molecule has 0 N–H and O–H groups in total. The van der Waals surface area contributed by atoms with Gasteiger partial charge in [-0.1, -0.05) is 315 Å². The Morgan fingerprint density at radius 2 is 0.415 bits per heavy atom. The zero-order valence-electron chi connectivity index (χ0n) is 45.3. The highest BCUT2D eigenvalue weighted by Gasteiger charge is 2.43. The van der Waals surface area contributed by atoms with E-state index in [0.29, 0.717) is 0 Å². The van der Waals surface area contributed by atoms with Gasteiger partial charge in [-0.15, -0.1) is 0 Å². The molecule has 0 nitrogen and oxygen atoms in total. The van der Waals surface area contributed by atoms with Crippen molar-refractivity contribution < 1.29 is 0 Å². The first-order chi connectivity index (χ1) is 40.6. The zero-order valence-corrected chi connectivity index (χ0v) is 47.3. The maximum absolute atomic E-state index is 2.73. The van der Waals surface area contributed by atoms with Crippen LogP contribution in [-0.4, -0.2) is 16.1 Å². The molecule has 2 heteroatoms. The van der Waals surface area contributed by atoms with Gasteiger partial charge in [0, 0.05) is 0 Å². The maximum Gasteiger partial charge on any atom is 0.179 e. The fraction of sp³-hybridized carbons (Fsp3) is 0. The Morgan fingerprint density at radius 3 is 0.841 bits per heavy atom. The largest absolute Gasteiger partial charge is 0.179 e. The zero-order chi connectivity index (χ0) is 54.5. The number of hydrogen-bond donors (Lipinski definition) is 0. The summed E-state index contributed by atoms with van der Waals surface area (Å²) in [6.07, 6.45) is 0. The van der Waals surface area contributed by atoms with E-state index in [4.69, 9.17) is 0 Å². The summed E-state index contributed by atoms with van der Waals surface area (Å²) in [7, 11) is -5.46. The molecule has 15 aromatic rings. The Hall–Kier alpha value is -9.97. The lowest BCUT2D eigenvalue weighted by atomic mass is 9.84. The predicted octanol–water partition coefficient (Wildman–Crippen LogP) is 15.2. The van der Waals surface area contributed by atoms with Gasteiger partial charge in [0.1, 0.15) is 0 Å². The van der Waals surface area contributed by atoms with Crippen molar-refractivity contribution in [3.05, 3.63) is 340 Å². The highest BCUT2D eigenvalue weighted by Crippen LogP contribution is 2.46. The molecule has 0 heterocycles. The van der Waals surface area contributed by atoms with E-state index in [1.54, 1.807) is 0 Å². The summed E-state index contributed by atoms with van der Waals surface area (Å²) in [5.74, 6) is 0. The van der Waals surface area contributed by atoms with Crippen LogP contribution in [0.15, 0.2) is 340 Å². The minimum Gasteiger partial charge on any atom is -0.0623 e. The number of fused-ring (bicyclic) bond motifs is 5. The van der Waals surface area contributed by atoms with E-state index in [-0.39, 0.29) is 0 Å². The van der Waals surface area contributed by atoms with E-state index in [2.05, 4.69) is 340 Å². The van der Waals surface area contributed by atoms with Gasteiger partial charge in [-0.3, -0.25) is 0 Å². The van der Waals surface area contributed by atoms with E-state index < -0.39 is 16.1 Å². The average molecular weight is 1070 g/mol. The van der Waals surface area contributed by atoms with Crippen LogP contribution >= 0.6 is 0 Å².